The van der Waals surface area contributed by atoms with E-state index in [1.54, 1.807) is 12.1 Å². The van der Waals surface area contributed by atoms with Crippen molar-refractivity contribution in [2.24, 2.45) is 0 Å². The molecule has 1 amide bonds. The van der Waals surface area contributed by atoms with Gasteiger partial charge < -0.3 is 10.1 Å². The largest absolute Gasteiger partial charge is 0.457 e. The lowest BCUT2D eigenvalue weighted by molar-refractivity contribution is -0.129. The van der Waals surface area contributed by atoms with Crippen molar-refractivity contribution in [3.05, 3.63) is 87.7 Å². The number of hydroxylamine groups is 1. The van der Waals surface area contributed by atoms with Gasteiger partial charge in [-0.25, -0.2) is 23.4 Å². The second kappa shape index (κ2) is 12.1. The summed E-state index contributed by atoms with van der Waals surface area (Å²) in [7, 11) is -4.01. The van der Waals surface area contributed by atoms with E-state index >= 15 is 0 Å². The fourth-order valence-electron chi connectivity index (χ4n) is 3.12. The highest BCUT2D eigenvalue weighted by Gasteiger charge is 2.22. The lowest BCUT2D eigenvalue weighted by atomic mass is 10.2. The highest BCUT2D eigenvalue weighted by molar-refractivity contribution is 7.89. The quantitative estimate of drug-likeness (QED) is 0.132. The maximum absolute atomic E-state index is 12.9. The number of para-hydroxylation sites is 1. The molecule has 1 atom stereocenters. The van der Waals surface area contributed by atoms with Crippen molar-refractivity contribution in [1.82, 2.24) is 25.1 Å². The fourth-order valence-corrected chi connectivity index (χ4v) is 4.36. The number of benzene rings is 2. The number of nitrogens with one attached hydrogen (secondary N) is 4. The highest BCUT2D eigenvalue weighted by atomic mass is 32.2. The molecule has 0 aliphatic rings. The first-order chi connectivity index (χ1) is 16.8. The molecular formula is C22H25N5O7S. The first-order valence-electron chi connectivity index (χ1n) is 10.6. The van der Waals surface area contributed by atoms with Gasteiger partial charge in [-0.15, -0.1) is 0 Å². The van der Waals surface area contributed by atoms with E-state index in [0.717, 1.165) is 0 Å². The summed E-state index contributed by atoms with van der Waals surface area (Å²) in [6.07, 6.45) is 1.00. The van der Waals surface area contributed by atoms with E-state index < -0.39 is 33.2 Å². The molecule has 1 aromatic heterocycles. The average molecular weight is 504 g/mol. The van der Waals surface area contributed by atoms with Gasteiger partial charge >= 0.3 is 5.69 Å². The molecule has 3 rings (SSSR count). The van der Waals surface area contributed by atoms with Gasteiger partial charge in [-0.05, 0) is 36.4 Å². The summed E-state index contributed by atoms with van der Waals surface area (Å²) < 4.78 is 35.1. The number of aromatic amines is 1. The number of aromatic nitrogens is 2. The van der Waals surface area contributed by atoms with Gasteiger partial charge in [-0.2, -0.15) is 0 Å². The van der Waals surface area contributed by atoms with Crippen molar-refractivity contribution in [1.29, 1.82) is 0 Å². The van der Waals surface area contributed by atoms with Gasteiger partial charge in [0.2, 0.25) is 15.9 Å². The molecule has 13 heteroatoms. The minimum Gasteiger partial charge on any atom is -0.457 e. The summed E-state index contributed by atoms with van der Waals surface area (Å²) in [4.78, 5) is 36.6. The molecule has 0 saturated heterocycles. The van der Waals surface area contributed by atoms with E-state index in [2.05, 4.69) is 15.0 Å². The Morgan fingerprint density at radius 2 is 1.71 bits per heavy atom. The summed E-state index contributed by atoms with van der Waals surface area (Å²) in [6.45, 7) is 0.473. The number of sulfonamides is 1. The molecule has 12 nitrogen and oxygen atoms in total. The van der Waals surface area contributed by atoms with Gasteiger partial charge in [0.05, 0.1) is 4.90 Å². The number of carbonyl (C=O) groups excluding carboxylic acids is 1. The van der Waals surface area contributed by atoms with Crippen LogP contribution in [0.1, 0.15) is 6.42 Å². The first-order valence-corrected chi connectivity index (χ1v) is 12.0. The number of nitrogens with zero attached hydrogens (tertiary/aromatic N) is 1. The zero-order chi connectivity index (χ0) is 25.3. The van der Waals surface area contributed by atoms with Gasteiger partial charge in [0.15, 0.2) is 0 Å². The van der Waals surface area contributed by atoms with Crippen molar-refractivity contribution in [2.45, 2.75) is 23.9 Å². The minimum absolute atomic E-state index is 0.0277. The van der Waals surface area contributed by atoms with E-state index in [-0.39, 0.29) is 31.0 Å². The molecule has 0 saturated carbocycles. The van der Waals surface area contributed by atoms with E-state index in [1.807, 2.05) is 18.2 Å². The lowest BCUT2D eigenvalue weighted by Gasteiger charge is -2.19. The Hall–Kier alpha value is -3.78. The molecule has 0 fully saturated rings. The number of ether oxygens (including phenoxy) is 1. The third-order valence-corrected chi connectivity index (χ3v) is 6.34. The number of H-pyrrole nitrogens is 1. The maximum atomic E-state index is 12.9. The van der Waals surface area contributed by atoms with Gasteiger partial charge in [0, 0.05) is 44.4 Å². The number of hydrogen-bond donors (Lipinski definition) is 5. The zero-order valence-corrected chi connectivity index (χ0v) is 19.3. The third-order valence-electron chi connectivity index (χ3n) is 4.81. The second-order valence-electron chi connectivity index (χ2n) is 7.45. The maximum Gasteiger partial charge on any atom is 0.328 e. The second-order valence-corrected chi connectivity index (χ2v) is 9.17. The standard InChI is InChI=1S/C22H25N5O7S/c28-20-10-12-27(22(30)24-20)13-11-23-15-16(14-21(29)25-31)26-35(32,33)19-8-6-18(7-9-19)34-17-4-2-1-3-5-17/h1-10,12,16,23,26,31H,11,13-15H2,(H,25,29)(H,24,28,30). The predicted octanol–water partition coefficient (Wildman–Crippen LogP) is 0.161. The molecule has 0 spiro atoms. The van der Waals surface area contributed by atoms with Crippen molar-refractivity contribution in [2.75, 3.05) is 13.1 Å². The van der Waals surface area contributed by atoms with Crippen molar-refractivity contribution >= 4 is 15.9 Å². The fraction of sp³-hybridized carbons (Fsp3) is 0.227. The summed E-state index contributed by atoms with van der Waals surface area (Å²) >= 11 is 0. The van der Waals surface area contributed by atoms with Crippen LogP contribution in [0.4, 0.5) is 0 Å². The van der Waals surface area contributed by atoms with Crippen LogP contribution in [0, 0.1) is 0 Å². The molecule has 0 aliphatic carbocycles. The zero-order valence-electron chi connectivity index (χ0n) is 18.5. The Morgan fingerprint density at radius 3 is 2.37 bits per heavy atom. The topological polar surface area (TPSA) is 172 Å². The van der Waals surface area contributed by atoms with Gasteiger partial charge in [-0.3, -0.25) is 24.3 Å². The van der Waals surface area contributed by atoms with Crippen LogP contribution in [0.3, 0.4) is 0 Å². The molecule has 0 aliphatic heterocycles. The van der Waals surface area contributed by atoms with Crippen molar-refractivity contribution in [3.63, 3.8) is 0 Å². The normalized spacial score (nSPS) is 12.1. The Balaban J connectivity index is 1.61. The van der Waals surface area contributed by atoms with Gasteiger partial charge in [0.25, 0.3) is 5.56 Å². The van der Waals surface area contributed by atoms with Crippen LogP contribution in [0.2, 0.25) is 0 Å². The molecule has 0 bridgehead atoms. The summed E-state index contributed by atoms with van der Waals surface area (Å²) in [5.74, 6) is 0.278. The third kappa shape index (κ3) is 7.89. The molecule has 35 heavy (non-hydrogen) atoms. The molecule has 5 N–H and O–H groups in total. The predicted molar refractivity (Wildman–Crippen MR) is 126 cm³/mol. The van der Waals surface area contributed by atoms with Crippen LogP contribution >= 0.6 is 0 Å². The van der Waals surface area contributed by atoms with Crippen LogP contribution in [-0.4, -0.2) is 48.2 Å². The number of hydrogen-bond acceptors (Lipinski definition) is 8. The Labute approximate surface area is 200 Å². The van der Waals surface area contributed by atoms with Gasteiger partial charge in [0.1, 0.15) is 11.5 Å². The molecule has 1 unspecified atom stereocenters. The van der Waals surface area contributed by atoms with Crippen LogP contribution < -0.4 is 31.5 Å². The van der Waals surface area contributed by atoms with Crippen molar-refractivity contribution in [3.8, 4) is 11.5 Å². The van der Waals surface area contributed by atoms with E-state index in [0.29, 0.717) is 11.5 Å². The summed E-state index contributed by atoms with van der Waals surface area (Å²) in [5, 5.41) is 11.8. The summed E-state index contributed by atoms with van der Waals surface area (Å²) in [5.41, 5.74) is 0.399. The van der Waals surface area contributed by atoms with E-state index in [9.17, 15) is 22.8 Å². The number of amides is 1. The van der Waals surface area contributed by atoms with Gasteiger partial charge in [-0.1, -0.05) is 18.2 Å². The van der Waals surface area contributed by atoms with Crippen LogP contribution in [0.15, 0.2) is 81.3 Å². The Bertz CT molecular complexity index is 1340. The van der Waals surface area contributed by atoms with Crippen LogP contribution in [0.5, 0.6) is 11.5 Å². The van der Waals surface area contributed by atoms with E-state index in [1.165, 1.54) is 46.6 Å². The monoisotopic (exact) mass is 503 g/mol. The first kappa shape index (κ1) is 25.8. The molecule has 0 radical (unpaired) electrons. The number of carbonyl (C=O) groups is 1. The Kier molecular flexibility index (Phi) is 8.92. The molecule has 186 valence electrons. The SMILES string of the molecule is O=C(CC(CNCCn1ccc(=O)[nH]c1=O)NS(=O)(=O)c1ccc(Oc2ccccc2)cc1)NO. The molecule has 2 aromatic carbocycles. The lowest BCUT2D eigenvalue weighted by Crippen LogP contribution is -2.45. The highest BCUT2D eigenvalue weighted by Crippen LogP contribution is 2.22. The van der Waals surface area contributed by atoms with E-state index in [4.69, 9.17) is 9.94 Å². The average Bonchev–Trinajstić information content (AvgIpc) is 2.83. The molecular weight excluding hydrogens is 478 g/mol. The summed E-state index contributed by atoms with van der Waals surface area (Å²) in [6, 6.07) is 15.1. The molecule has 1 heterocycles. The van der Waals surface area contributed by atoms with Crippen molar-refractivity contribution < 1.29 is 23.2 Å². The van der Waals surface area contributed by atoms with Crippen LogP contribution in [-0.2, 0) is 21.4 Å². The minimum atomic E-state index is -4.01. The smallest absolute Gasteiger partial charge is 0.328 e. The number of rotatable bonds is 12. The Morgan fingerprint density at radius 1 is 1.03 bits per heavy atom. The molecule has 3 aromatic rings. The van der Waals surface area contributed by atoms with Crippen LogP contribution in [0.25, 0.3) is 0 Å².